The van der Waals surface area contributed by atoms with Crippen molar-refractivity contribution in [3.63, 3.8) is 0 Å². The Morgan fingerprint density at radius 2 is 1.81 bits per heavy atom. The number of rotatable bonds is 4. The average molecular weight is 313 g/mol. The van der Waals surface area contributed by atoms with Gasteiger partial charge >= 0.3 is 6.03 Å². The molecule has 0 spiro atoms. The van der Waals surface area contributed by atoms with E-state index in [0.717, 1.165) is 12.8 Å². The van der Waals surface area contributed by atoms with E-state index in [9.17, 15) is 4.79 Å². The van der Waals surface area contributed by atoms with Crippen molar-refractivity contribution in [2.75, 3.05) is 19.5 Å². The van der Waals surface area contributed by atoms with Gasteiger partial charge in [-0.15, -0.1) is 0 Å². The van der Waals surface area contributed by atoms with E-state index < -0.39 is 0 Å². The summed E-state index contributed by atoms with van der Waals surface area (Å²) in [5.41, 5.74) is 0.525. The maximum Gasteiger partial charge on any atom is 0.319 e. The van der Waals surface area contributed by atoms with Gasteiger partial charge in [0, 0.05) is 12.1 Å². The van der Waals surface area contributed by atoms with E-state index in [2.05, 4.69) is 10.6 Å². The van der Waals surface area contributed by atoms with E-state index in [0.29, 0.717) is 22.2 Å². The lowest BCUT2D eigenvalue weighted by Crippen LogP contribution is -2.39. The van der Waals surface area contributed by atoms with Gasteiger partial charge in [0.05, 0.1) is 24.9 Å². The van der Waals surface area contributed by atoms with Crippen LogP contribution in [0.3, 0.4) is 0 Å². The monoisotopic (exact) mass is 312 g/mol. The van der Waals surface area contributed by atoms with Crippen LogP contribution >= 0.6 is 11.6 Å². The summed E-state index contributed by atoms with van der Waals surface area (Å²) in [4.78, 5) is 12.1. The lowest BCUT2D eigenvalue weighted by Gasteiger charge is -2.23. The van der Waals surface area contributed by atoms with Gasteiger partial charge in [-0.2, -0.15) is 0 Å². The minimum absolute atomic E-state index is 0.235. The number of nitrogens with one attached hydrogen (secondary N) is 2. The molecule has 0 atom stereocenters. The highest BCUT2D eigenvalue weighted by atomic mass is 35.5. The van der Waals surface area contributed by atoms with E-state index in [1.807, 2.05) is 0 Å². The van der Waals surface area contributed by atoms with Crippen LogP contribution in [0.15, 0.2) is 12.1 Å². The fourth-order valence-corrected chi connectivity index (χ4v) is 2.79. The number of hydrogen-bond acceptors (Lipinski definition) is 3. The van der Waals surface area contributed by atoms with Gasteiger partial charge in [0.25, 0.3) is 0 Å². The van der Waals surface area contributed by atoms with E-state index in [1.54, 1.807) is 12.1 Å². The van der Waals surface area contributed by atoms with Crippen molar-refractivity contribution >= 4 is 23.3 Å². The third-order valence-corrected chi connectivity index (χ3v) is 3.96. The highest BCUT2D eigenvalue weighted by Crippen LogP contribution is 2.35. The van der Waals surface area contributed by atoms with Crippen molar-refractivity contribution in [3.8, 4) is 11.5 Å². The number of methoxy groups -OCH3 is 2. The molecule has 1 aliphatic carbocycles. The molecule has 2 rings (SSSR count). The Morgan fingerprint density at radius 1 is 1.14 bits per heavy atom. The summed E-state index contributed by atoms with van der Waals surface area (Å²) in [6, 6.07) is 3.29. The molecule has 1 aliphatic rings. The summed E-state index contributed by atoms with van der Waals surface area (Å²) in [7, 11) is 3.07. The third-order valence-electron chi connectivity index (χ3n) is 3.66. The van der Waals surface area contributed by atoms with Gasteiger partial charge in [-0.3, -0.25) is 0 Å². The number of amides is 2. The number of halogens is 1. The lowest BCUT2D eigenvalue weighted by molar-refractivity contribution is 0.244. The zero-order valence-electron chi connectivity index (χ0n) is 12.4. The molecule has 0 aromatic heterocycles. The molecule has 0 unspecified atom stereocenters. The molecular formula is C15H21ClN2O3. The van der Waals surface area contributed by atoms with Crippen molar-refractivity contribution in [2.45, 2.75) is 38.1 Å². The molecule has 1 aromatic rings. The molecule has 0 saturated heterocycles. The SMILES string of the molecule is COc1cc(OC)c(NC(=O)NC2CCCCC2)cc1Cl. The quantitative estimate of drug-likeness (QED) is 0.888. The van der Waals surface area contributed by atoms with Crippen molar-refractivity contribution in [1.29, 1.82) is 0 Å². The zero-order chi connectivity index (χ0) is 15.2. The second-order valence-electron chi connectivity index (χ2n) is 5.12. The summed E-state index contributed by atoms with van der Waals surface area (Å²) in [5, 5.41) is 6.20. The minimum atomic E-state index is -0.235. The van der Waals surface area contributed by atoms with Crippen LogP contribution in [0.1, 0.15) is 32.1 Å². The number of carbonyl (C=O) groups excluding carboxylic acids is 1. The number of ether oxygens (including phenoxy) is 2. The van der Waals surface area contributed by atoms with Gasteiger partial charge in [0.15, 0.2) is 0 Å². The average Bonchev–Trinajstić information content (AvgIpc) is 2.48. The van der Waals surface area contributed by atoms with Crippen LogP contribution < -0.4 is 20.1 Å². The Balaban J connectivity index is 2.03. The fourth-order valence-electron chi connectivity index (χ4n) is 2.55. The van der Waals surface area contributed by atoms with Crippen LogP contribution in [0.2, 0.25) is 5.02 Å². The largest absolute Gasteiger partial charge is 0.495 e. The van der Waals surface area contributed by atoms with Gasteiger partial charge in [-0.05, 0) is 18.9 Å². The molecule has 1 saturated carbocycles. The second kappa shape index (κ2) is 7.41. The van der Waals surface area contributed by atoms with Crippen LogP contribution in [0.25, 0.3) is 0 Å². The van der Waals surface area contributed by atoms with Crippen molar-refractivity contribution in [1.82, 2.24) is 5.32 Å². The van der Waals surface area contributed by atoms with Gasteiger partial charge in [0.2, 0.25) is 0 Å². The smallest absolute Gasteiger partial charge is 0.319 e. The van der Waals surface area contributed by atoms with Gasteiger partial charge < -0.3 is 20.1 Å². The first-order chi connectivity index (χ1) is 10.1. The summed E-state index contributed by atoms with van der Waals surface area (Å²) >= 11 is 6.08. The fraction of sp³-hybridized carbons (Fsp3) is 0.533. The second-order valence-corrected chi connectivity index (χ2v) is 5.53. The van der Waals surface area contributed by atoms with Crippen LogP contribution in [-0.2, 0) is 0 Å². The highest BCUT2D eigenvalue weighted by Gasteiger charge is 2.17. The van der Waals surface area contributed by atoms with Gasteiger partial charge in [-0.1, -0.05) is 30.9 Å². The summed E-state index contributed by atoms with van der Waals surface area (Å²) in [6.45, 7) is 0. The first-order valence-corrected chi connectivity index (χ1v) is 7.51. The standard InChI is InChI=1S/C15H21ClN2O3/c1-20-13-9-14(21-2)12(8-11(13)16)18-15(19)17-10-6-4-3-5-7-10/h8-10H,3-7H2,1-2H3,(H2,17,18,19). The summed E-state index contributed by atoms with van der Waals surface area (Å²) in [6.07, 6.45) is 5.66. The molecule has 0 bridgehead atoms. The first kappa shape index (κ1) is 15.8. The Labute approximate surface area is 130 Å². The van der Waals surface area contributed by atoms with Crippen LogP contribution in [0.4, 0.5) is 10.5 Å². The summed E-state index contributed by atoms with van der Waals surface area (Å²) < 4.78 is 10.4. The molecular weight excluding hydrogens is 292 g/mol. The molecule has 6 heteroatoms. The molecule has 0 radical (unpaired) electrons. The topological polar surface area (TPSA) is 59.6 Å². The Kier molecular flexibility index (Phi) is 5.56. The minimum Gasteiger partial charge on any atom is -0.495 e. The molecule has 1 aromatic carbocycles. The molecule has 21 heavy (non-hydrogen) atoms. The molecule has 2 N–H and O–H groups in total. The van der Waals surface area contributed by atoms with E-state index in [-0.39, 0.29) is 12.1 Å². The number of anilines is 1. The molecule has 5 nitrogen and oxygen atoms in total. The highest BCUT2D eigenvalue weighted by molar-refractivity contribution is 6.32. The zero-order valence-corrected chi connectivity index (χ0v) is 13.1. The van der Waals surface area contributed by atoms with Crippen LogP contribution in [-0.4, -0.2) is 26.3 Å². The molecule has 1 fully saturated rings. The Hall–Kier alpha value is -1.62. The molecule has 0 aliphatic heterocycles. The van der Waals surface area contributed by atoms with Crippen LogP contribution in [0.5, 0.6) is 11.5 Å². The first-order valence-electron chi connectivity index (χ1n) is 7.13. The van der Waals surface area contributed by atoms with Crippen LogP contribution in [0, 0.1) is 0 Å². The lowest BCUT2D eigenvalue weighted by atomic mass is 9.96. The maximum absolute atomic E-state index is 12.1. The predicted octanol–water partition coefficient (Wildman–Crippen LogP) is 3.81. The number of hydrogen-bond donors (Lipinski definition) is 2. The number of urea groups is 1. The number of carbonyl (C=O) groups is 1. The Morgan fingerprint density at radius 3 is 2.43 bits per heavy atom. The third kappa shape index (κ3) is 4.17. The van der Waals surface area contributed by atoms with Crippen molar-refractivity contribution in [3.05, 3.63) is 17.2 Å². The van der Waals surface area contributed by atoms with Crippen molar-refractivity contribution < 1.29 is 14.3 Å². The van der Waals surface area contributed by atoms with Gasteiger partial charge in [0.1, 0.15) is 11.5 Å². The summed E-state index contributed by atoms with van der Waals surface area (Å²) in [5.74, 6) is 1.02. The van der Waals surface area contributed by atoms with Crippen molar-refractivity contribution in [2.24, 2.45) is 0 Å². The number of benzene rings is 1. The van der Waals surface area contributed by atoms with E-state index >= 15 is 0 Å². The maximum atomic E-state index is 12.1. The van der Waals surface area contributed by atoms with E-state index in [4.69, 9.17) is 21.1 Å². The molecule has 116 valence electrons. The predicted molar refractivity (Wildman–Crippen MR) is 83.6 cm³/mol. The normalized spacial score (nSPS) is 15.4. The van der Waals surface area contributed by atoms with E-state index in [1.165, 1.54) is 33.5 Å². The Bertz CT molecular complexity index is 502. The molecule has 2 amide bonds. The molecule has 0 heterocycles. The van der Waals surface area contributed by atoms with Gasteiger partial charge in [-0.25, -0.2) is 4.79 Å².